The van der Waals surface area contributed by atoms with Crippen molar-refractivity contribution in [3.05, 3.63) is 117 Å². The lowest BCUT2D eigenvalue weighted by Crippen LogP contribution is -2.30. The van der Waals surface area contributed by atoms with Gasteiger partial charge in [0, 0.05) is 30.1 Å². The molecule has 0 saturated heterocycles. The van der Waals surface area contributed by atoms with Gasteiger partial charge in [0.2, 0.25) is 0 Å². The Balaban J connectivity index is 1.36. The summed E-state index contributed by atoms with van der Waals surface area (Å²) in [6.45, 7) is 4.94. The first-order chi connectivity index (χ1) is 20.0. The Kier molecular flexibility index (Phi) is 8.00. The first-order valence-electron chi connectivity index (χ1n) is 13.5. The monoisotopic (exact) mass is 585 g/mol. The second-order valence-electron chi connectivity index (χ2n) is 9.81. The first kappa shape index (κ1) is 27.4. The molecule has 6 rings (SSSR count). The SMILES string of the molecule is CCOc1ccc(-n2c(SCC(=O)c3ccc(F)cc3)nc3sc4c(c3c2=O)CCN(Cc2ccccc2)C4)cc1. The smallest absolute Gasteiger partial charge is 0.267 e. The highest BCUT2D eigenvalue weighted by Crippen LogP contribution is 2.35. The number of carbonyl (C=O) groups is 1. The van der Waals surface area contributed by atoms with Gasteiger partial charge in [0.1, 0.15) is 16.4 Å². The molecule has 2 aromatic heterocycles. The summed E-state index contributed by atoms with van der Waals surface area (Å²) in [5.41, 5.74) is 3.28. The van der Waals surface area contributed by atoms with Gasteiger partial charge in [-0.3, -0.25) is 19.1 Å². The summed E-state index contributed by atoms with van der Waals surface area (Å²) in [5, 5.41) is 1.11. The number of hydrogen-bond donors (Lipinski definition) is 0. The molecule has 0 spiro atoms. The van der Waals surface area contributed by atoms with E-state index >= 15 is 0 Å². The molecule has 3 heterocycles. The molecule has 6 nitrogen and oxygen atoms in total. The number of aromatic nitrogens is 2. The van der Waals surface area contributed by atoms with Crippen molar-refractivity contribution in [2.75, 3.05) is 18.9 Å². The summed E-state index contributed by atoms with van der Waals surface area (Å²) < 4.78 is 20.6. The maximum Gasteiger partial charge on any atom is 0.267 e. The summed E-state index contributed by atoms with van der Waals surface area (Å²) in [5.74, 6) is 0.223. The highest BCUT2D eigenvalue weighted by molar-refractivity contribution is 7.99. The second-order valence-corrected chi connectivity index (χ2v) is 11.8. The zero-order valence-electron chi connectivity index (χ0n) is 22.5. The summed E-state index contributed by atoms with van der Waals surface area (Å²) >= 11 is 2.78. The van der Waals surface area contributed by atoms with Gasteiger partial charge in [-0.2, -0.15) is 0 Å². The van der Waals surface area contributed by atoms with Crippen molar-refractivity contribution in [2.24, 2.45) is 0 Å². The Bertz CT molecular complexity index is 1750. The molecule has 0 saturated carbocycles. The van der Waals surface area contributed by atoms with E-state index in [1.165, 1.54) is 41.6 Å². The molecule has 0 amide bonds. The maximum absolute atomic E-state index is 14.2. The fraction of sp³-hybridized carbons (Fsp3) is 0.219. The van der Waals surface area contributed by atoms with Crippen LogP contribution in [0.1, 0.15) is 33.3 Å². The van der Waals surface area contributed by atoms with E-state index in [1.54, 1.807) is 15.9 Å². The lowest BCUT2D eigenvalue weighted by atomic mass is 10.0. The average molecular weight is 586 g/mol. The third kappa shape index (κ3) is 5.84. The van der Waals surface area contributed by atoms with E-state index in [0.29, 0.717) is 39.0 Å². The van der Waals surface area contributed by atoms with Crippen LogP contribution in [0.5, 0.6) is 5.75 Å². The van der Waals surface area contributed by atoms with Crippen molar-refractivity contribution in [3.63, 3.8) is 0 Å². The number of thiophene rings is 1. The number of Topliss-reactive ketones (excluding diaryl/α,β-unsaturated/α-hetero) is 1. The molecule has 0 N–H and O–H groups in total. The summed E-state index contributed by atoms with van der Waals surface area (Å²) in [6.07, 6.45) is 0.776. The van der Waals surface area contributed by atoms with Crippen LogP contribution in [-0.4, -0.2) is 39.1 Å². The molecule has 3 aromatic carbocycles. The number of benzene rings is 3. The van der Waals surface area contributed by atoms with Gasteiger partial charge in [-0.25, -0.2) is 9.37 Å². The van der Waals surface area contributed by atoms with E-state index in [4.69, 9.17) is 9.72 Å². The lowest BCUT2D eigenvalue weighted by Gasteiger charge is -2.26. The van der Waals surface area contributed by atoms with Gasteiger partial charge in [-0.05, 0) is 73.0 Å². The summed E-state index contributed by atoms with van der Waals surface area (Å²) in [6, 6.07) is 23.2. The number of carbonyl (C=O) groups excluding carboxylic acids is 1. The molecule has 9 heteroatoms. The van der Waals surface area contributed by atoms with Crippen LogP contribution < -0.4 is 10.3 Å². The van der Waals surface area contributed by atoms with Crippen molar-refractivity contribution in [1.82, 2.24) is 14.5 Å². The molecule has 0 fully saturated rings. The third-order valence-electron chi connectivity index (χ3n) is 7.08. The van der Waals surface area contributed by atoms with Crippen molar-refractivity contribution in [1.29, 1.82) is 0 Å². The van der Waals surface area contributed by atoms with E-state index in [1.807, 2.05) is 37.3 Å². The molecular weight excluding hydrogens is 558 g/mol. The molecule has 1 aliphatic heterocycles. The van der Waals surface area contributed by atoms with Gasteiger partial charge < -0.3 is 4.74 Å². The normalized spacial score (nSPS) is 13.3. The summed E-state index contributed by atoms with van der Waals surface area (Å²) in [4.78, 5) is 36.3. The van der Waals surface area contributed by atoms with Crippen LogP contribution in [0.25, 0.3) is 15.9 Å². The molecule has 0 aliphatic carbocycles. The second kappa shape index (κ2) is 12.0. The zero-order chi connectivity index (χ0) is 28.3. The highest BCUT2D eigenvalue weighted by atomic mass is 32.2. The van der Waals surface area contributed by atoms with Crippen LogP contribution in [0.15, 0.2) is 88.8 Å². The fourth-order valence-electron chi connectivity index (χ4n) is 5.09. The van der Waals surface area contributed by atoms with Crippen molar-refractivity contribution in [2.45, 2.75) is 31.6 Å². The minimum Gasteiger partial charge on any atom is -0.494 e. The third-order valence-corrected chi connectivity index (χ3v) is 9.13. The number of thioether (sulfide) groups is 1. The van der Waals surface area contributed by atoms with Crippen molar-refractivity contribution < 1.29 is 13.9 Å². The Morgan fingerprint density at radius 2 is 1.80 bits per heavy atom. The lowest BCUT2D eigenvalue weighted by molar-refractivity contribution is 0.102. The number of halogens is 1. The standard InChI is InChI=1S/C32H28FN3O3S2/c1-2-39-25-14-12-24(13-15-25)36-31(38)29-26-16-17-35(18-21-6-4-3-5-7-21)19-28(26)41-30(29)34-32(36)40-20-27(37)22-8-10-23(33)11-9-22/h3-15H,2,16-20H2,1H3. The van der Waals surface area contributed by atoms with Crippen LogP contribution >= 0.6 is 23.1 Å². The molecule has 0 atom stereocenters. The quantitative estimate of drug-likeness (QED) is 0.112. The molecule has 0 unspecified atom stereocenters. The number of nitrogens with zero attached hydrogens (tertiary/aromatic N) is 3. The van der Waals surface area contributed by atoms with Crippen LogP contribution in [-0.2, 0) is 19.5 Å². The van der Waals surface area contributed by atoms with Crippen molar-refractivity contribution >= 4 is 39.1 Å². The maximum atomic E-state index is 14.2. The molecule has 0 radical (unpaired) electrons. The minimum absolute atomic E-state index is 0.0660. The Morgan fingerprint density at radius 3 is 2.54 bits per heavy atom. The Hall–Kier alpha value is -3.79. The fourth-order valence-corrected chi connectivity index (χ4v) is 7.30. The van der Waals surface area contributed by atoms with E-state index < -0.39 is 5.82 Å². The molecule has 5 aromatic rings. The van der Waals surface area contributed by atoms with E-state index in [-0.39, 0.29) is 17.1 Å². The molecular formula is C32H28FN3O3S2. The summed E-state index contributed by atoms with van der Waals surface area (Å²) in [7, 11) is 0. The highest BCUT2D eigenvalue weighted by Gasteiger charge is 2.26. The molecule has 41 heavy (non-hydrogen) atoms. The predicted molar refractivity (Wildman–Crippen MR) is 162 cm³/mol. The number of rotatable bonds is 9. The predicted octanol–water partition coefficient (Wildman–Crippen LogP) is 6.52. The van der Waals surface area contributed by atoms with E-state index in [0.717, 1.165) is 36.5 Å². The molecule has 208 valence electrons. The van der Waals surface area contributed by atoms with Crippen LogP contribution in [0, 0.1) is 5.82 Å². The van der Waals surface area contributed by atoms with Crippen molar-refractivity contribution in [3.8, 4) is 11.4 Å². The average Bonchev–Trinajstić information content (AvgIpc) is 3.35. The number of hydrogen-bond acceptors (Lipinski definition) is 7. The van der Waals surface area contributed by atoms with Gasteiger partial charge in [0.25, 0.3) is 5.56 Å². The van der Waals surface area contributed by atoms with E-state index in [2.05, 4.69) is 29.2 Å². The van der Waals surface area contributed by atoms with Gasteiger partial charge in [0.05, 0.1) is 23.4 Å². The van der Waals surface area contributed by atoms with E-state index in [9.17, 15) is 14.0 Å². The Labute approximate surface area is 245 Å². The molecule has 1 aliphatic rings. The number of ketones is 1. The van der Waals surface area contributed by atoms with Crippen LogP contribution in [0.4, 0.5) is 4.39 Å². The zero-order valence-corrected chi connectivity index (χ0v) is 24.1. The first-order valence-corrected chi connectivity index (χ1v) is 15.3. The molecule has 0 bridgehead atoms. The van der Waals surface area contributed by atoms with Gasteiger partial charge in [-0.1, -0.05) is 42.1 Å². The van der Waals surface area contributed by atoms with Crippen LogP contribution in [0.3, 0.4) is 0 Å². The number of ether oxygens (including phenoxy) is 1. The minimum atomic E-state index is -0.394. The topological polar surface area (TPSA) is 64.4 Å². The Morgan fingerprint density at radius 1 is 1.05 bits per heavy atom. The van der Waals surface area contributed by atoms with Gasteiger partial charge >= 0.3 is 0 Å². The van der Waals surface area contributed by atoms with Gasteiger partial charge in [0.15, 0.2) is 10.9 Å². The van der Waals surface area contributed by atoms with Gasteiger partial charge in [-0.15, -0.1) is 11.3 Å². The largest absolute Gasteiger partial charge is 0.494 e. The van der Waals surface area contributed by atoms with Crippen LogP contribution in [0.2, 0.25) is 0 Å². The number of fused-ring (bicyclic) bond motifs is 3.